The second kappa shape index (κ2) is 16.1. The van der Waals surface area contributed by atoms with Crippen molar-refractivity contribution in [3.63, 3.8) is 0 Å². The molecule has 4 aromatic rings. The van der Waals surface area contributed by atoms with Gasteiger partial charge in [-0.1, -0.05) is 109 Å². The molecule has 0 saturated heterocycles. The predicted molar refractivity (Wildman–Crippen MR) is 139 cm³/mol. The predicted octanol–water partition coefficient (Wildman–Crippen LogP) is 6.09. The van der Waals surface area contributed by atoms with Crippen molar-refractivity contribution in [1.82, 2.24) is 0 Å². The Labute approximate surface area is 211 Å². The molecule has 0 nitrogen and oxygen atoms in total. The average molecular weight is 487 g/mol. The van der Waals surface area contributed by atoms with E-state index >= 15 is 0 Å². The second-order valence-corrected chi connectivity index (χ2v) is 9.02. The summed E-state index contributed by atoms with van der Waals surface area (Å²) in [5, 5.41) is 4.19. The van der Waals surface area contributed by atoms with Crippen LogP contribution in [0.5, 0.6) is 0 Å². The van der Waals surface area contributed by atoms with E-state index in [1.165, 1.54) is 15.9 Å². The van der Waals surface area contributed by atoms with Crippen molar-refractivity contribution >= 4 is 23.8 Å². The van der Waals surface area contributed by atoms with Crippen molar-refractivity contribution in [3.8, 4) is 5.92 Å². The summed E-state index contributed by atoms with van der Waals surface area (Å²) in [5.74, 6) is 2.28. The molecular weight excluding hydrogens is 462 g/mol. The summed E-state index contributed by atoms with van der Waals surface area (Å²) in [6.07, 6.45) is 16.7. The largest absolute Gasteiger partial charge is 2.00 e. The minimum Gasteiger partial charge on any atom is -0.366 e. The summed E-state index contributed by atoms with van der Waals surface area (Å²) in [4.78, 5) is 0. The Balaban J connectivity index is 0.000000227. The Bertz CT molecular complexity index is 936. The number of hydrogen-bond acceptors (Lipinski definition) is 0. The van der Waals surface area contributed by atoms with Gasteiger partial charge in [-0.2, -0.15) is 0 Å². The molecule has 4 aromatic carbocycles. The molecule has 5 radical (unpaired) electrons. The summed E-state index contributed by atoms with van der Waals surface area (Å²) < 4.78 is 0. The first-order valence-electron chi connectivity index (χ1n) is 10.5. The standard InChI is InChI=1S/C18H15P.C8H5.C5H5.Ni/c1-4-10-16(11-5-1)19(17-12-6-2-7-13-17)18-14-8-3-9-15-18;1-2-8-6-4-3-5-7-8;1-2-4-5-3-1;/h1-15H;3-7H;1-5H;/q;-1;;+2. The minimum atomic E-state index is -0.446. The SMILES string of the molecule is [C-]#Cc1ccccc1.[CH]1[CH][CH][CH][CH]1.[Ni+2].c1ccc(P(c2ccccc2)c2ccccc2)cc1. The maximum Gasteiger partial charge on any atom is 2.00 e. The quantitative estimate of drug-likeness (QED) is 0.142. The van der Waals surface area contributed by atoms with Crippen molar-refractivity contribution < 1.29 is 16.5 Å². The molecule has 0 atom stereocenters. The molecule has 1 fully saturated rings. The van der Waals surface area contributed by atoms with Crippen LogP contribution in [0.1, 0.15) is 5.56 Å². The molecular formula is C31H25NiP+. The van der Waals surface area contributed by atoms with E-state index in [0.29, 0.717) is 0 Å². The van der Waals surface area contributed by atoms with Crippen LogP contribution in [0, 0.1) is 44.4 Å². The summed E-state index contributed by atoms with van der Waals surface area (Å²) in [5.41, 5.74) is 0.826. The molecule has 0 N–H and O–H groups in total. The maximum absolute atomic E-state index is 6.69. The van der Waals surface area contributed by atoms with Gasteiger partial charge in [0.25, 0.3) is 0 Å². The molecule has 0 aliphatic heterocycles. The van der Waals surface area contributed by atoms with Crippen molar-refractivity contribution in [3.05, 3.63) is 165 Å². The van der Waals surface area contributed by atoms with Gasteiger partial charge in [0.05, 0.1) is 0 Å². The fraction of sp³-hybridized carbons (Fsp3) is 0. The number of benzene rings is 4. The normalized spacial score (nSPS) is 11.6. The van der Waals surface area contributed by atoms with Crippen LogP contribution in [0.4, 0.5) is 0 Å². The molecule has 0 aromatic heterocycles. The summed E-state index contributed by atoms with van der Waals surface area (Å²) in [6, 6.07) is 41.7. The Hall–Kier alpha value is -2.64. The third-order valence-electron chi connectivity index (χ3n) is 4.52. The van der Waals surface area contributed by atoms with E-state index in [0.717, 1.165) is 5.56 Å². The Morgan fingerprint density at radius 2 is 0.697 bits per heavy atom. The fourth-order valence-corrected chi connectivity index (χ4v) is 5.33. The van der Waals surface area contributed by atoms with E-state index in [1.807, 2.05) is 62.4 Å². The topological polar surface area (TPSA) is 0 Å². The molecule has 1 saturated carbocycles. The maximum atomic E-state index is 6.69. The zero-order chi connectivity index (χ0) is 22.3. The second-order valence-electron chi connectivity index (χ2n) is 6.80. The van der Waals surface area contributed by atoms with Gasteiger partial charge in [-0.25, -0.2) is 0 Å². The molecule has 0 spiro atoms. The Morgan fingerprint density at radius 3 is 0.939 bits per heavy atom. The van der Waals surface area contributed by atoms with Gasteiger partial charge in [0.15, 0.2) is 0 Å². The first kappa shape index (κ1) is 26.6. The van der Waals surface area contributed by atoms with Crippen LogP contribution in [0.2, 0.25) is 0 Å². The average Bonchev–Trinajstić information content (AvgIpc) is 3.48. The first-order valence-corrected chi connectivity index (χ1v) is 11.8. The van der Waals surface area contributed by atoms with Gasteiger partial charge in [-0.3, -0.25) is 5.92 Å². The van der Waals surface area contributed by atoms with Crippen LogP contribution in [-0.2, 0) is 16.5 Å². The molecule has 0 amide bonds. The van der Waals surface area contributed by atoms with Crippen LogP contribution in [0.15, 0.2) is 121 Å². The van der Waals surface area contributed by atoms with Gasteiger partial charge in [-0.05, 0) is 55.9 Å². The number of hydrogen-bond donors (Lipinski definition) is 0. The first-order chi connectivity index (χ1) is 15.9. The van der Waals surface area contributed by atoms with E-state index in [1.54, 1.807) is 0 Å². The Kier molecular flexibility index (Phi) is 12.9. The molecule has 33 heavy (non-hydrogen) atoms. The zero-order valence-electron chi connectivity index (χ0n) is 18.2. The van der Waals surface area contributed by atoms with Gasteiger partial charge in [-0.15, -0.1) is 17.7 Å². The third kappa shape index (κ3) is 9.40. The van der Waals surface area contributed by atoms with Crippen molar-refractivity contribution in [2.24, 2.45) is 0 Å². The molecule has 1 aliphatic carbocycles. The number of rotatable bonds is 3. The van der Waals surface area contributed by atoms with Crippen LogP contribution in [0.25, 0.3) is 0 Å². The molecule has 0 bridgehead atoms. The van der Waals surface area contributed by atoms with E-state index in [2.05, 4.69) is 96.9 Å². The molecule has 163 valence electrons. The molecule has 2 heteroatoms. The summed E-state index contributed by atoms with van der Waals surface area (Å²) in [6.45, 7) is 0. The molecule has 5 rings (SSSR count). The molecule has 0 unspecified atom stereocenters. The van der Waals surface area contributed by atoms with Crippen LogP contribution >= 0.6 is 7.92 Å². The van der Waals surface area contributed by atoms with Crippen molar-refractivity contribution in [2.45, 2.75) is 0 Å². The van der Waals surface area contributed by atoms with E-state index in [4.69, 9.17) is 6.42 Å². The van der Waals surface area contributed by atoms with E-state index < -0.39 is 7.92 Å². The fourth-order valence-electron chi connectivity index (χ4n) is 3.02. The van der Waals surface area contributed by atoms with Gasteiger partial charge < -0.3 is 6.42 Å². The third-order valence-corrected chi connectivity index (χ3v) is 6.96. The monoisotopic (exact) mass is 486 g/mol. The Morgan fingerprint density at radius 1 is 0.424 bits per heavy atom. The summed E-state index contributed by atoms with van der Waals surface area (Å²) in [7, 11) is -0.446. The van der Waals surface area contributed by atoms with E-state index in [9.17, 15) is 0 Å². The van der Waals surface area contributed by atoms with Crippen LogP contribution in [0.3, 0.4) is 0 Å². The smallest absolute Gasteiger partial charge is 0.366 e. The van der Waals surface area contributed by atoms with Gasteiger partial charge in [0, 0.05) is 0 Å². The van der Waals surface area contributed by atoms with Crippen LogP contribution in [-0.4, -0.2) is 0 Å². The minimum absolute atomic E-state index is 0. The van der Waals surface area contributed by atoms with Gasteiger partial charge in [0.1, 0.15) is 0 Å². The van der Waals surface area contributed by atoms with Gasteiger partial charge in [0.2, 0.25) is 0 Å². The summed E-state index contributed by atoms with van der Waals surface area (Å²) >= 11 is 0. The van der Waals surface area contributed by atoms with Gasteiger partial charge >= 0.3 is 16.5 Å². The van der Waals surface area contributed by atoms with Crippen molar-refractivity contribution in [2.75, 3.05) is 0 Å². The van der Waals surface area contributed by atoms with Crippen LogP contribution < -0.4 is 15.9 Å². The van der Waals surface area contributed by atoms with Crippen molar-refractivity contribution in [1.29, 1.82) is 0 Å². The zero-order valence-corrected chi connectivity index (χ0v) is 20.1. The molecule has 0 heterocycles. The van der Waals surface area contributed by atoms with E-state index in [-0.39, 0.29) is 16.5 Å². The molecule has 1 aliphatic rings.